The van der Waals surface area contributed by atoms with Crippen LogP contribution >= 0.6 is 0 Å². The fraction of sp³-hybridized carbons (Fsp3) is 1.00. The summed E-state index contributed by atoms with van der Waals surface area (Å²) in [6.07, 6.45) is 0. The van der Waals surface area contributed by atoms with Crippen molar-refractivity contribution in [3.8, 4) is 0 Å². The van der Waals surface area contributed by atoms with Crippen LogP contribution in [0, 0.1) is 0 Å². The Morgan fingerprint density at radius 2 is 0.875 bits per heavy atom. The molecule has 0 atom stereocenters. The van der Waals surface area contributed by atoms with E-state index in [0.717, 1.165) is 0 Å². The van der Waals surface area contributed by atoms with Gasteiger partial charge >= 0.3 is 38.7 Å². The molecule has 0 aliphatic rings. The SMILES string of the molecule is C[N](C)[Nb+4].[Cl-].[Cl-].[Cl-].[Cl-]. The zero-order valence-corrected chi connectivity index (χ0v) is 9.63. The maximum Gasteiger partial charge on any atom is -1.00 e. The molecule has 0 aliphatic carbocycles. The van der Waals surface area contributed by atoms with E-state index in [-0.39, 0.29) is 49.6 Å². The number of hydrogen-bond acceptors (Lipinski definition) is 1. The summed E-state index contributed by atoms with van der Waals surface area (Å²) in [6, 6.07) is 0. The molecule has 0 aliphatic heterocycles. The summed E-state index contributed by atoms with van der Waals surface area (Å²) >= 11 is 1.71. The Hall–Kier alpha value is 1.86. The van der Waals surface area contributed by atoms with E-state index in [1.54, 1.807) is 21.3 Å². The Balaban J connectivity index is -0.00000000750. The van der Waals surface area contributed by atoms with Crippen LogP contribution < -0.4 is 49.6 Å². The zero-order valence-electron chi connectivity index (χ0n) is 4.41. The molecular weight excluding hydrogens is 273 g/mol. The number of rotatable bonds is 0. The van der Waals surface area contributed by atoms with E-state index >= 15 is 0 Å². The summed E-state index contributed by atoms with van der Waals surface area (Å²) in [5.41, 5.74) is 0. The van der Waals surface area contributed by atoms with Crippen molar-refractivity contribution < 1.29 is 71.0 Å². The first-order valence-electron chi connectivity index (χ1n) is 1.09. The summed E-state index contributed by atoms with van der Waals surface area (Å²) in [5.74, 6) is 0. The molecule has 0 heterocycles. The number of nitrogens with zero attached hydrogens (tertiary/aromatic N) is 1. The maximum atomic E-state index is 2.05. The quantitative estimate of drug-likeness (QED) is 0.398. The smallest absolute Gasteiger partial charge is 1.00 e. The largest absolute Gasteiger partial charge is 1.00 e. The minimum Gasteiger partial charge on any atom is -1.00 e. The van der Waals surface area contributed by atoms with Crippen molar-refractivity contribution in [2.45, 2.75) is 0 Å². The van der Waals surface area contributed by atoms with Gasteiger partial charge in [0, 0.05) is 0 Å². The maximum absolute atomic E-state index is 2.05. The van der Waals surface area contributed by atoms with Gasteiger partial charge in [-0.25, -0.2) is 0 Å². The van der Waals surface area contributed by atoms with Gasteiger partial charge in [-0.05, 0) is 0 Å². The predicted octanol–water partition coefficient (Wildman–Crippen LogP) is -12.0. The van der Waals surface area contributed by atoms with E-state index < -0.39 is 0 Å². The number of hydrogen-bond donors (Lipinski definition) is 0. The van der Waals surface area contributed by atoms with Crippen molar-refractivity contribution in [1.82, 2.24) is 3.30 Å². The summed E-state index contributed by atoms with van der Waals surface area (Å²) < 4.78 is 2.05. The van der Waals surface area contributed by atoms with E-state index in [0.29, 0.717) is 0 Å². The van der Waals surface area contributed by atoms with Crippen LogP contribution in [0.25, 0.3) is 0 Å². The molecule has 0 aromatic carbocycles. The summed E-state index contributed by atoms with van der Waals surface area (Å²) in [7, 11) is 4.04. The van der Waals surface area contributed by atoms with Gasteiger partial charge < -0.3 is 49.6 Å². The molecule has 0 bridgehead atoms. The molecule has 0 aromatic heterocycles. The second kappa shape index (κ2) is 23.2. The van der Waals surface area contributed by atoms with Gasteiger partial charge in [-0.1, -0.05) is 0 Å². The van der Waals surface area contributed by atoms with Gasteiger partial charge in [-0.3, -0.25) is 0 Å². The predicted molar refractivity (Wildman–Crippen MR) is 13.7 cm³/mol. The molecule has 0 rings (SSSR count). The second-order valence-electron chi connectivity index (χ2n) is 0.847. The normalized spacial score (nSPS) is 4.62. The summed E-state index contributed by atoms with van der Waals surface area (Å²) in [5, 5.41) is 0. The van der Waals surface area contributed by atoms with Crippen LogP contribution in [0.1, 0.15) is 0 Å². The first kappa shape index (κ1) is 32.8. The van der Waals surface area contributed by atoms with Crippen LogP contribution in [0.5, 0.6) is 0 Å². The third kappa shape index (κ3) is 107. The molecule has 6 heteroatoms. The summed E-state index contributed by atoms with van der Waals surface area (Å²) in [6.45, 7) is 0. The molecule has 0 aromatic rings. The van der Waals surface area contributed by atoms with Crippen molar-refractivity contribution in [2.75, 3.05) is 14.1 Å². The minimum absolute atomic E-state index is 0. The van der Waals surface area contributed by atoms with Crippen LogP contribution in [0.2, 0.25) is 0 Å². The molecule has 0 N–H and O–H groups in total. The van der Waals surface area contributed by atoms with Gasteiger partial charge in [0.2, 0.25) is 0 Å². The standard InChI is InChI=1S/C2H6N.4ClH.Nb/c1-3-2;;;;;/h1-2H3;4*1H;/q-1;;;;;+5/p-4. The van der Waals surface area contributed by atoms with Crippen molar-refractivity contribution in [3.05, 3.63) is 0 Å². The van der Waals surface area contributed by atoms with Crippen molar-refractivity contribution in [3.63, 3.8) is 0 Å². The third-order valence-electron chi connectivity index (χ3n) is 0. The molecule has 0 spiro atoms. The zero-order chi connectivity index (χ0) is 3.58. The first-order valence-corrected chi connectivity index (χ1v) is 2.08. The van der Waals surface area contributed by atoms with E-state index in [9.17, 15) is 0 Å². The van der Waals surface area contributed by atoms with Gasteiger partial charge in [0.25, 0.3) is 0 Å². The number of halogens is 4. The van der Waals surface area contributed by atoms with E-state index in [1.165, 1.54) is 0 Å². The third-order valence-corrected chi connectivity index (χ3v) is 0. The van der Waals surface area contributed by atoms with Crippen LogP contribution in [-0.2, 0) is 21.3 Å². The Morgan fingerprint density at radius 3 is 0.875 bits per heavy atom. The van der Waals surface area contributed by atoms with E-state index in [4.69, 9.17) is 0 Å². The van der Waals surface area contributed by atoms with E-state index in [1.807, 2.05) is 14.1 Å². The van der Waals surface area contributed by atoms with Gasteiger partial charge in [-0.2, -0.15) is 0 Å². The molecule has 0 unspecified atom stereocenters. The molecular formula is C2H6Cl4NNb. The van der Waals surface area contributed by atoms with Crippen LogP contribution in [0.4, 0.5) is 0 Å². The molecule has 1 nitrogen and oxygen atoms in total. The Bertz CT molecular complexity index is 18.8. The van der Waals surface area contributed by atoms with Crippen LogP contribution in [0.3, 0.4) is 0 Å². The molecule has 0 fully saturated rings. The van der Waals surface area contributed by atoms with Crippen molar-refractivity contribution in [1.29, 1.82) is 0 Å². The molecule has 0 saturated heterocycles. The molecule has 0 radical (unpaired) electrons. The monoisotopic (exact) mass is 277 g/mol. The molecule has 52 valence electrons. The molecule has 0 amide bonds. The first-order chi connectivity index (χ1) is 1.73. The van der Waals surface area contributed by atoms with Crippen molar-refractivity contribution >= 4 is 0 Å². The van der Waals surface area contributed by atoms with Gasteiger partial charge in [0.1, 0.15) is 0 Å². The van der Waals surface area contributed by atoms with Gasteiger partial charge in [-0.15, -0.1) is 0 Å². The average Bonchev–Trinajstić information content (AvgIpc) is 0.811. The topological polar surface area (TPSA) is 3.24 Å². The fourth-order valence-electron chi connectivity index (χ4n) is 0. The van der Waals surface area contributed by atoms with Gasteiger partial charge in [0.15, 0.2) is 0 Å². The molecule has 0 saturated carbocycles. The Kier molecular flexibility index (Phi) is 94.9. The van der Waals surface area contributed by atoms with Crippen LogP contribution in [-0.4, -0.2) is 17.4 Å². The Morgan fingerprint density at radius 1 is 0.875 bits per heavy atom. The van der Waals surface area contributed by atoms with Gasteiger partial charge in [0.05, 0.1) is 0 Å². The van der Waals surface area contributed by atoms with E-state index in [2.05, 4.69) is 3.30 Å². The fourth-order valence-corrected chi connectivity index (χ4v) is 0. The van der Waals surface area contributed by atoms with Crippen molar-refractivity contribution in [2.24, 2.45) is 0 Å². The summed E-state index contributed by atoms with van der Waals surface area (Å²) in [4.78, 5) is 0. The van der Waals surface area contributed by atoms with Crippen LogP contribution in [0.15, 0.2) is 0 Å². The average molecular weight is 279 g/mol. The molecule has 8 heavy (non-hydrogen) atoms. The minimum atomic E-state index is 0. The Labute approximate surface area is 87.8 Å². The second-order valence-corrected chi connectivity index (χ2v) is 2.81.